The Bertz CT molecular complexity index is 685. The number of rotatable bonds is 4. The van der Waals surface area contributed by atoms with Gasteiger partial charge in [0.25, 0.3) is 0 Å². The molecule has 4 nitrogen and oxygen atoms in total. The number of carbonyl (C=O) groups excluding carboxylic acids is 1. The van der Waals surface area contributed by atoms with Gasteiger partial charge < -0.3 is 15.4 Å². The van der Waals surface area contributed by atoms with Gasteiger partial charge in [0.05, 0.1) is 13.2 Å². The molecule has 0 radical (unpaired) electrons. The predicted octanol–water partition coefficient (Wildman–Crippen LogP) is 3.30. The van der Waals surface area contributed by atoms with Crippen LogP contribution in [0.3, 0.4) is 0 Å². The third kappa shape index (κ3) is 3.47. The number of hydrogen-bond donors (Lipinski definition) is 2. The number of amides is 1. The second kappa shape index (κ2) is 6.73. The molecular formula is C19H22N2O2. The first kappa shape index (κ1) is 15.4. The molecule has 0 fully saturated rings. The van der Waals surface area contributed by atoms with Crippen LogP contribution in [0.15, 0.2) is 48.5 Å². The molecule has 2 aromatic rings. The first-order chi connectivity index (χ1) is 11.2. The molecule has 1 aliphatic heterocycles. The molecule has 0 aromatic heterocycles. The van der Waals surface area contributed by atoms with E-state index in [1.807, 2.05) is 55.5 Å². The van der Waals surface area contributed by atoms with E-state index >= 15 is 0 Å². The standard InChI is InChI=1S/C19H22N2O2/c1-13(14-6-4-3-5-7-14)20-19(22)18-10-8-15-12-16(23-2)9-11-17(15)21-18/h3-7,9,11-13,18,21H,8,10H2,1-2H3,(H,20,22)/t13-,18+/m0/s1. The monoisotopic (exact) mass is 310 g/mol. The Labute approximate surface area is 136 Å². The third-order valence-corrected chi connectivity index (χ3v) is 4.32. The predicted molar refractivity (Wildman–Crippen MR) is 91.7 cm³/mol. The normalized spacial score (nSPS) is 17.6. The second-order valence-corrected chi connectivity index (χ2v) is 5.90. The molecule has 1 amide bonds. The number of aryl methyl sites for hydroxylation is 1. The molecule has 4 heteroatoms. The molecule has 3 rings (SSSR count). The lowest BCUT2D eigenvalue weighted by molar-refractivity contribution is -0.122. The van der Waals surface area contributed by atoms with E-state index in [-0.39, 0.29) is 18.0 Å². The maximum absolute atomic E-state index is 12.5. The van der Waals surface area contributed by atoms with E-state index in [0.717, 1.165) is 29.8 Å². The highest BCUT2D eigenvalue weighted by Gasteiger charge is 2.25. The summed E-state index contributed by atoms with van der Waals surface area (Å²) in [6, 6.07) is 15.7. The molecule has 1 heterocycles. The first-order valence-corrected chi connectivity index (χ1v) is 7.96. The number of fused-ring (bicyclic) bond motifs is 1. The van der Waals surface area contributed by atoms with E-state index in [1.165, 1.54) is 5.56 Å². The zero-order valence-electron chi connectivity index (χ0n) is 13.5. The molecule has 120 valence electrons. The third-order valence-electron chi connectivity index (χ3n) is 4.32. The molecule has 0 unspecified atom stereocenters. The van der Waals surface area contributed by atoms with Crippen molar-refractivity contribution in [3.63, 3.8) is 0 Å². The second-order valence-electron chi connectivity index (χ2n) is 5.90. The highest BCUT2D eigenvalue weighted by molar-refractivity contribution is 5.86. The van der Waals surface area contributed by atoms with Crippen molar-refractivity contribution >= 4 is 11.6 Å². The molecule has 2 atom stereocenters. The summed E-state index contributed by atoms with van der Waals surface area (Å²) in [4.78, 5) is 12.5. The van der Waals surface area contributed by atoms with Gasteiger partial charge in [0.15, 0.2) is 0 Å². The Morgan fingerprint density at radius 3 is 2.78 bits per heavy atom. The number of benzene rings is 2. The van der Waals surface area contributed by atoms with Crippen LogP contribution in [0.2, 0.25) is 0 Å². The molecule has 0 saturated heterocycles. The molecule has 2 aromatic carbocycles. The highest BCUT2D eigenvalue weighted by Crippen LogP contribution is 2.28. The summed E-state index contributed by atoms with van der Waals surface area (Å²) in [5, 5.41) is 6.43. The van der Waals surface area contributed by atoms with Gasteiger partial charge in [-0.3, -0.25) is 4.79 Å². The molecule has 0 spiro atoms. The number of carbonyl (C=O) groups is 1. The SMILES string of the molecule is COc1ccc2c(c1)CC[C@H](C(=O)N[C@@H](C)c1ccccc1)N2. The average molecular weight is 310 g/mol. The molecule has 1 aliphatic rings. The lowest BCUT2D eigenvalue weighted by atomic mass is 9.97. The zero-order valence-corrected chi connectivity index (χ0v) is 13.5. The van der Waals surface area contributed by atoms with Gasteiger partial charge >= 0.3 is 0 Å². The van der Waals surface area contributed by atoms with Gasteiger partial charge in [-0.1, -0.05) is 30.3 Å². The summed E-state index contributed by atoms with van der Waals surface area (Å²) in [5.74, 6) is 0.897. The van der Waals surface area contributed by atoms with Gasteiger partial charge in [0.1, 0.15) is 11.8 Å². The minimum atomic E-state index is -0.193. The summed E-state index contributed by atoms with van der Waals surface area (Å²) >= 11 is 0. The van der Waals surface area contributed by atoms with Gasteiger partial charge in [-0.25, -0.2) is 0 Å². The fraction of sp³-hybridized carbons (Fsp3) is 0.316. The summed E-state index contributed by atoms with van der Waals surface area (Å²) in [5.41, 5.74) is 3.33. The van der Waals surface area contributed by atoms with Crippen molar-refractivity contribution < 1.29 is 9.53 Å². The molecule has 0 aliphatic carbocycles. The van der Waals surface area contributed by atoms with Crippen LogP contribution in [0.5, 0.6) is 5.75 Å². The maximum Gasteiger partial charge on any atom is 0.242 e. The highest BCUT2D eigenvalue weighted by atomic mass is 16.5. The van der Waals surface area contributed by atoms with Gasteiger partial charge in [-0.2, -0.15) is 0 Å². The van der Waals surface area contributed by atoms with Crippen LogP contribution in [0.1, 0.15) is 30.5 Å². The van der Waals surface area contributed by atoms with Gasteiger partial charge in [0.2, 0.25) is 5.91 Å². The van der Waals surface area contributed by atoms with Gasteiger partial charge in [-0.15, -0.1) is 0 Å². The van der Waals surface area contributed by atoms with Crippen molar-refractivity contribution in [3.05, 3.63) is 59.7 Å². The van der Waals surface area contributed by atoms with E-state index in [9.17, 15) is 4.79 Å². The summed E-state index contributed by atoms with van der Waals surface area (Å²) in [6.07, 6.45) is 1.66. The fourth-order valence-corrected chi connectivity index (χ4v) is 2.94. The van der Waals surface area contributed by atoms with Crippen LogP contribution in [0, 0.1) is 0 Å². The molecule has 0 bridgehead atoms. The first-order valence-electron chi connectivity index (χ1n) is 7.96. The zero-order chi connectivity index (χ0) is 16.2. The molecular weight excluding hydrogens is 288 g/mol. The summed E-state index contributed by atoms with van der Waals surface area (Å²) in [6.45, 7) is 2.01. The van der Waals surface area contributed by atoms with E-state index < -0.39 is 0 Å². The van der Waals surface area contributed by atoms with Gasteiger partial charge in [-0.05, 0) is 49.1 Å². The Morgan fingerprint density at radius 1 is 1.26 bits per heavy atom. The summed E-state index contributed by atoms with van der Waals surface area (Å²) in [7, 11) is 1.67. The maximum atomic E-state index is 12.5. The number of anilines is 1. The number of ether oxygens (including phenoxy) is 1. The van der Waals surface area contributed by atoms with Crippen molar-refractivity contribution in [2.75, 3.05) is 12.4 Å². The van der Waals surface area contributed by atoms with E-state index in [0.29, 0.717) is 0 Å². The van der Waals surface area contributed by atoms with Crippen LogP contribution in [0.4, 0.5) is 5.69 Å². The minimum absolute atomic E-state index is 0.00256. The Hall–Kier alpha value is -2.49. The number of hydrogen-bond acceptors (Lipinski definition) is 3. The van der Waals surface area contributed by atoms with Crippen molar-refractivity contribution in [2.45, 2.75) is 31.8 Å². The lowest BCUT2D eigenvalue weighted by Crippen LogP contribution is -2.42. The Morgan fingerprint density at radius 2 is 2.04 bits per heavy atom. The Balaban J connectivity index is 1.65. The van der Waals surface area contributed by atoms with Crippen LogP contribution >= 0.6 is 0 Å². The van der Waals surface area contributed by atoms with E-state index in [1.54, 1.807) is 7.11 Å². The number of nitrogens with one attached hydrogen (secondary N) is 2. The van der Waals surface area contributed by atoms with Crippen molar-refractivity contribution in [2.24, 2.45) is 0 Å². The average Bonchev–Trinajstić information content (AvgIpc) is 2.61. The van der Waals surface area contributed by atoms with Crippen molar-refractivity contribution in [1.82, 2.24) is 5.32 Å². The topological polar surface area (TPSA) is 50.4 Å². The van der Waals surface area contributed by atoms with Crippen LogP contribution in [0.25, 0.3) is 0 Å². The quantitative estimate of drug-likeness (QED) is 0.911. The summed E-state index contributed by atoms with van der Waals surface area (Å²) < 4.78 is 5.25. The largest absolute Gasteiger partial charge is 0.497 e. The molecule has 2 N–H and O–H groups in total. The van der Waals surface area contributed by atoms with Crippen LogP contribution < -0.4 is 15.4 Å². The van der Waals surface area contributed by atoms with Crippen molar-refractivity contribution in [1.29, 1.82) is 0 Å². The minimum Gasteiger partial charge on any atom is -0.497 e. The number of methoxy groups -OCH3 is 1. The Kier molecular flexibility index (Phi) is 4.51. The fourth-order valence-electron chi connectivity index (χ4n) is 2.94. The van der Waals surface area contributed by atoms with Crippen LogP contribution in [-0.2, 0) is 11.2 Å². The molecule has 23 heavy (non-hydrogen) atoms. The molecule has 0 saturated carbocycles. The lowest BCUT2D eigenvalue weighted by Gasteiger charge is -2.28. The smallest absolute Gasteiger partial charge is 0.242 e. The van der Waals surface area contributed by atoms with E-state index in [4.69, 9.17) is 4.74 Å². The van der Waals surface area contributed by atoms with Crippen molar-refractivity contribution in [3.8, 4) is 5.75 Å². The van der Waals surface area contributed by atoms with E-state index in [2.05, 4.69) is 10.6 Å². The van der Waals surface area contributed by atoms with Gasteiger partial charge in [0, 0.05) is 5.69 Å². The van der Waals surface area contributed by atoms with Crippen LogP contribution in [-0.4, -0.2) is 19.1 Å².